The molecule has 15 N–H and O–H groups in total. The molecule has 18 heteroatoms. The van der Waals surface area contributed by atoms with E-state index in [4.69, 9.17) is 41.3 Å². The number of hydroxylamine groups is 2. The highest BCUT2D eigenvalue weighted by molar-refractivity contribution is 5.73. The fraction of sp³-hybridized carbons (Fsp3) is 0.880. The summed E-state index contributed by atoms with van der Waals surface area (Å²) < 4.78 is 23.7. The van der Waals surface area contributed by atoms with Crippen molar-refractivity contribution in [3.8, 4) is 0 Å². The predicted molar refractivity (Wildman–Crippen MR) is 149 cm³/mol. The number of carbonyl (C=O) groups is 1. The third-order valence-electron chi connectivity index (χ3n) is 7.75. The van der Waals surface area contributed by atoms with Crippen molar-refractivity contribution in [2.75, 3.05) is 46.4 Å². The summed E-state index contributed by atoms with van der Waals surface area (Å²) >= 11 is 0. The number of aliphatic hydroxyl groups is 5. The summed E-state index contributed by atoms with van der Waals surface area (Å²) in [7, 11) is 1.56. The van der Waals surface area contributed by atoms with Crippen LogP contribution in [-0.4, -0.2) is 161 Å². The Hall–Kier alpha value is -1.75. The van der Waals surface area contributed by atoms with Crippen LogP contribution in [0, 0.1) is 0 Å². The summed E-state index contributed by atoms with van der Waals surface area (Å²) in [6, 6.07) is -4.22. The van der Waals surface area contributed by atoms with Crippen molar-refractivity contribution in [2.45, 2.75) is 92.6 Å². The highest BCUT2D eigenvalue weighted by atomic mass is 16.7. The molecule has 2 unspecified atom stereocenters. The quantitative estimate of drug-likeness (QED) is 0.0673. The Labute approximate surface area is 250 Å². The first-order chi connectivity index (χ1) is 20.3. The third-order valence-corrected chi connectivity index (χ3v) is 7.75. The fourth-order valence-corrected chi connectivity index (χ4v) is 5.40. The van der Waals surface area contributed by atoms with Gasteiger partial charge in [-0.05, 0) is 32.9 Å². The van der Waals surface area contributed by atoms with Gasteiger partial charge < -0.3 is 77.6 Å². The number of amides is 2. The van der Waals surface area contributed by atoms with Crippen molar-refractivity contribution < 1.29 is 54.5 Å². The van der Waals surface area contributed by atoms with Gasteiger partial charge in [0.1, 0.15) is 35.8 Å². The molecule has 0 spiro atoms. The number of hydrogen-bond acceptors (Lipinski definition) is 16. The van der Waals surface area contributed by atoms with Crippen molar-refractivity contribution in [2.24, 2.45) is 17.2 Å². The van der Waals surface area contributed by atoms with E-state index in [1.165, 1.54) is 6.92 Å². The summed E-state index contributed by atoms with van der Waals surface area (Å²) in [6.45, 7) is 1.07. The van der Waals surface area contributed by atoms with Gasteiger partial charge in [-0.1, -0.05) is 0 Å². The zero-order valence-electron chi connectivity index (χ0n) is 24.5. The molecule has 12 atom stereocenters. The largest absolute Gasteiger partial charge is 0.467 e. The first-order valence-corrected chi connectivity index (χ1v) is 14.3. The van der Waals surface area contributed by atoms with E-state index in [-0.39, 0.29) is 39.2 Å². The van der Waals surface area contributed by atoms with Crippen molar-refractivity contribution in [3.05, 3.63) is 11.8 Å². The van der Waals surface area contributed by atoms with Gasteiger partial charge in [-0.25, -0.2) is 9.86 Å². The van der Waals surface area contributed by atoms with Gasteiger partial charge in [0.25, 0.3) is 0 Å². The summed E-state index contributed by atoms with van der Waals surface area (Å²) in [5, 5.41) is 70.4. The van der Waals surface area contributed by atoms with Gasteiger partial charge in [0.05, 0.1) is 50.5 Å². The molecule has 3 aliphatic rings. The molecule has 0 aromatic rings. The van der Waals surface area contributed by atoms with Gasteiger partial charge in [-0.2, -0.15) is 0 Å². The summed E-state index contributed by atoms with van der Waals surface area (Å²) in [6.07, 6.45) is -6.42. The molecule has 0 radical (unpaired) electrons. The molecule has 250 valence electrons. The Morgan fingerprint density at radius 2 is 1.91 bits per heavy atom. The van der Waals surface area contributed by atoms with Crippen molar-refractivity contribution in [3.63, 3.8) is 0 Å². The van der Waals surface area contributed by atoms with Crippen LogP contribution in [0.25, 0.3) is 0 Å². The Bertz CT molecular complexity index is 919. The molecule has 2 aliphatic heterocycles. The van der Waals surface area contributed by atoms with E-state index in [2.05, 4.69) is 16.0 Å². The van der Waals surface area contributed by atoms with E-state index >= 15 is 0 Å². The first-order valence-electron chi connectivity index (χ1n) is 14.3. The van der Waals surface area contributed by atoms with E-state index in [0.29, 0.717) is 17.2 Å². The minimum atomic E-state index is -1.51. The van der Waals surface area contributed by atoms with Crippen molar-refractivity contribution >= 4 is 6.03 Å². The van der Waals surface area contributed by atoms with Crippen LogP contribution in [0.2, 0.25) is 0 Å². The molecule has 1 aliphatic carbocycles. The van der Waals surface area contributed by atoms with Crippen LogP contribution in [0.3, 0.4) is 0 Å². The van der Waals surface area contributed by atoms with Crippen LogP contribution in [0.1, 0.15) is 19.8 Å². The molecule has 0 aromatic carbocycles. The average molecular weight is 624 g/mol. The molecular formula is C25H49N7O11. The lowest BCUT2D eigenvalue weighted by atomic mass is 9.83. The van der Waals surface area contributed by atoms with E-state index in [1.54, 1.807) is 13.1 Å². The highest BCUT2D eigenvalue weighted by Crippen LogP contribution is 2.32. The standard InChI is InChI=1S/C25H49N7O11/c1-25(38)11-40-23(18(36)21(25)29-2)43-20-16(31-24(37)32(39)6-5-26)7-15(28)19(17(20)35)42-22-14(27)4-3-13(41-22)9-30-8-12(34)10-33/h3,12,14-23,29-30,33-36,38-39H,4-11,26-28H2,1-2H3,(H,31,37)/t12?,14-,15+,16-,17+,18-,19?,20+,21-,22-,23-,25+/m1/s1. The summed E-state index contributed by atoms with van der Waals surface area (Å²) in [4.78, 5) is 12.6. The molecule has 1 saturated carbocycles. The van der Waals surface area contributed by atoms with Gasteiger partial charge in [-0.15, -0.1) is 0 Å². The maximum atomic E-state index is 12.6. The van der Waals surface area contributed by atoms with Crippen LogP contribution >= 0.6 is 0 Å². The first kappa shape index (κ1) is 35.7. The zero-order chi connectivity index (χ0) is 31.9. The van der Waals surface area contributed by atoms with Crippen LogP contribution < -0.4 is 33.2 Å². The highest BCUT2D eigenvalue weighted by Gasteiger charge is 2.52. The summed E-state index contributed by atoms with van der Waals surface area (Å²) in [5.74, 6) is 0.473. The molecule has 1 saturated heterocycles. The van der Waals surface area contributed by atoms with Gasteiger partial charge in [0, 0.05) is 19.1 Å². The lowest BCUT2D eigenvalue weighted by molar-refractivity contribution is -0.304. The monoisotopic (exact) mass is 623 g/mol. The third kappa shape index (κ3) is 9.14. The predicted octanol–water partition coefficient (Wildman–Crippen LogP) is -5.47. The molecule has 0 aromatic heterocycles. The molecular weight excluding hydrogens is 574 g/mol. The SMILES string of the molecule is CN[C@@H]1[C@@H](O)[C@@H](O[C@H]2[C@H](NC(=O)N(O)CCN)C[C@H](N)C(O[C@H]3OC(CNCC(O)CO)=CC[C@H]3N)[C@@H]2O)OC[C@]1(C)O. The molecule has 2 fully saturated rings. The number of carbonyl (C=O) groups excluding carboxylic acids is 1. The molecule has 3 rings (SSSR count). The smallest absolute Gasteiger partial charge is 0.341 e. The molecule has 43 heavy (non-hydrogen) atoms. The number of nitrogens with zero attached hydrogens (tertiary/aromatic N) is 1. The number of likely N-dealkylation sites (N-methyl/N-ethyl adjacent to an activating group) is 1. The Morgan fingerprint density at radius 1 is 1.21 bits per heavy atom. The van der Waals surface area contributed by atoms with Gasteiger partial charge in [-0.3, -0.25) is 5.21 Å². The molecule has 18 nitrogen and oxygen atoms in total. The maximum absolute atomic E-state index is 12.6. The number of urea groups is 1. The Kier molecular flexibility index (Phi) is 13.3. The van der Waals surface area contributed by atoms with E-state index in [9.17, 15) is 30.4 Å². The Morgan fingerprint density at radius 3 is 2.56 bits per heavy atom. The van der Waals surface area contributed by atoms with Gasteiger partial charge in [0.2, 0.25) is 6.29 Å². The minimum Gasteiger partial charge on any atom is -0.467 e. The average Bonchev–Trinajstić information content (AvgIpc) is 2.95. The summed E-state index contributed by atoms with van der Waals surface area (Å²) in [5.41, 5.74) is 16.6. The number of rotatable bonds is 13. The van der Waals surface area contributed by atoms with Crippen LogP contribution in [0.5, 0.6) is 0 Å². The lowest BCUT2D eigenvalue weighted by Gasteiger charge is -2.48. The van der Waals surface area contributed by atoms with E-state index < -0.39 is 85.5 Å². The van der Waals surface area contributed by atoms with Gasteiger partial charge >= 0.3 is 6.03 Å². The number of aliphatic hydroxyl groups excluding tert-OH is 4. The van der Waals surface area contributed by atoms with E-state index in [0.717, 1.165) is 0 Å². The van der Waals surface area contributed by atoms with Crippen LogP contribution in [0.4, 0.5) is 4.79 Å². The second-order valence-corrected chi connectivity index (χ2v) is 11.4. The van der Waals surface area contributed by atoms with Crippen molar-refractivity contribution in [1.29, 1.82) is 0 Å². The second-order valence-electron chi connectivity index (χ2n) is 11.4. The second kappa shape index (κ2) is 16.0. The topological polar surface area (TPSA) is 293 Å². The molecule has 0 bridgehead atoms. The molecule has 2 amide bonds. The number of nitrogens with one attached hydrogen (secondary N) is 3. The number of ether oxygens (including phenoxy) is 4. The van der Waals surface area contributed by atoms with Gasteiger partial charge in [0.15, 0.2) is 6.29 Å². The Balaban J connectivity index is 1.76. The maximum Gasteiger partial charge on any atom is 0.341 e. The fourth-order valence-electron chi connectivity index (χ4n) is 5.40. The zero-order valence-corrected chi connectivity index (χ0v) is 24.5. The van der Waals surface area contributed by atoms with E-state index in [1.807, 2.05) is 0 Å². The normalized spacial score (nSPS) is 39.0. The molecule has 2 heterocycles. The number of hydrogen-bond donors (Lipinski definition) is 12. The lowest BCUT2D eigenvalue weighted by Crippen LogP contribution is -2.69. The van der Waals surface area contributed by atoms with Crippen LogP contribution in [0.15, 0.2) is 11.8 Å². The number of nitrogens with two attached hydrogens (primary N) is 3. The van der Waals surface area contributed by atoms with Crippen molar-refractivity contribution in [1.82, 2.24) is 21.0 Å². The van der Waals surface area contributed by atoms with Crippen LogP contribution in [-0.2, 0) is 18.9 Å². The minimum absolute atomic E-state index is 0.00434.